The molecule has 6 nitrogen and oxygen atoms in total. The topological polar surface area (TPSA) is 58.8 Å². The van der Waals surface area contributed by atoms with E-state index in [-0.39, 0.29) is 5.60 Å². The molecule has 126 valence electrons. The number of hydrogen-bond donors (Lipinski definition) is 0. The maximum Gasteiger partial charge on any atom is 0.222 e. The summed E-state index contributed by atoms with van der Waals surface area (Å²) in [7, 11) is 0. The smallest absolute Gasteiger partial charge is 0.222 e. The van der Waals surface area contributed by atoms with Crippen molar-refractivity contribution in [2.45, 2.75) is 44.8 Å². The van der Waals surface area contributed by atoms with Crippen LogP contribution >= 0.6 is 0 Å². The van der Waals surface area contributed by atoms with E-state index in [0.717, 1.165) is 76.5 Å². The lowest BCUT2D eigenvalue weighted by Crippen LogP contribution is -2.64. The Morgan fingerprint density at radius 1 is 1.43 bits per heavy atom. The Labute approximate surface area is 136 Å². The number of carbonyl (C=O) groups is 1. The van der Waals surface area contributed by atoms with Gasteiger partial charge in [0.1, 0.15) is 5.76 Å². The van der Waals surface area contributed by atoms with E-state index < -0.39 is 0 Å². The minimum absolute atomic E-state index is 0.0154. The fourth-order valence-corrected chi connectivity index (χ4v) is 4.34. The fourth-order valence-electron chi connectivity index (χ4n) is 4.34. The minimum Gasteiger partial charge on any atom is -0.372 e. The van der Waals surface area contributed by atoms with E-state index in [0.29, 0.717) is 11.8 Å². The van der Waals surface area contributed by atoms with Gasteiger partial charge >= 0.3 is 0 Å². The first-order valence-corrected chi connectivity index (χ1v) is 8.71. The third kappa shape index (κ3) is 2.90. The lowest BCUT2D eigenvalue weighted by atomic mass is 9.79. The molecule has 0 N–H and O–H groups in total. The lowest BCUT2D eigenvalue weighted by Gasteiger charge is -2.50. The molecule has 3 fully saturated rings. The van der Waals surface area contributed by atoms with Gasteiger partial charge in [-0.05, 0) is 32.1 Å². The molecule has 0 radical (unpaired) electrons. The van der Waals surface area contributed by atoms with Crippen molar-refractivity contribution in [1.29, 1.82) is 0 Å². The molecule has 3 saturated heterocycles. The first-order chi connectivity index (χ1) is 11.1. The molecule has 3 aliphatic rings. The highest BCUT2D eigenvalue weighted by molar-refractivity contribution is 5.77. The van der Waals surface area contributed by atoms with Gasteiger partial charge in [0.15, 0.2) is 0 Å². The number of nitrogens with zero attached hydrogens (tertiary/aromatic N) is 3. The first-order valence-electron chi connectivity index (χ1n) is 8.71. The zero-order chi connectivity index (χ0) is 15.9. The summed E-state index contributed by atoms with van der Waals surface area (Å²) in [6.45, 7) is 7.39. The molecule has 23 heavy (non-hydrogen) atoms. The highest BCUT2D eigenvalue weighted by atomic mass is 16.5. The first kappa shape index (κ1) is 15.1. The molecule has 0 aromatic carbocycles. The number of amides is 1. The van der Waals surface area contributed by atoms with Gasteiger partial charge < -0.3 is 14.2 Å². The lowest BCUT2D eigenvalue weighted by molar-refractivity contribution is -0.140. The summed E-state index contributed by atoms with van der Waals surface area (Å²) in [6, 6.07) is 2.00. The maximum atomic E-state index is 11.8. The molecule has 4 heterocycles. The van der Waals surface area contributed by atoms with Crippen molar-refractivity contribution in [3.63, 3.8) is 0 Å². The molecule has 1 amide bonds. The van der Waals surface area contributed by atoms with Crippen molar-refractivity contribution < 1.29 is 14.1 Å². The molecule has 1 atom stereocenters. The van der Waals surface area contributed by atoms with Gasteiger partial charge in [0, 0.05) is 51.8 Å². The van der Waals surface area contributed by atoms with Gasteiger partial charge in [-0.2, -0.15) is 0 Å². The fraction of sp³-hybridized carbons (Fsp3) is 0.765. The number of rotatable bonds is 5. The Kier molecular flexibility index (Phi) is 3.89. The number of aromatic nitrogens is 1. The minimum atomic E-state index is 0.0154. The zero-order valence-corrected chi connectivity index (χ0v) is 13.8. The van der Waals surface area contributed by atoms with Gasteiger partial charge in [-0.1, -0.05) is 5.16 Å². The Morgan fingerprint density at radius 3 is 3.00 bits per heavy atom. The highest BCUT2D eigenvalue weighted by Crippen LogP contribution is 2.42. The van der Waals surface area contributed by atoms with E-state index in [9.17, 15) is 4.79 Å². The molecule has 6 heteroatoms. The second-order valence-electron chi connectivity index (χ2n) is 7.25. The van der Waals surface area contributed by atoms with Crippen molar-refractivity contribution in [3.8, 4) is 0 Å². The standard InChI is InChI=1S/C17H25N3O3/c1-13-9-15(18-23-13)10-19-11-17(12-19)14(5-8-22-17)4-7-20-6-2-3-16(20)21/h9,14H,2-8,10-12H2,1H3/t14-/m0/s1. The Balaban J connectivity index is 1.29. The van der Waals surface area contributed by atoms with Crippen LogP contribution in [-0.4, -0.2) is 59.3 Å². The largest absolute Gasteiger partial charge is 0.372 e. The van der Waals surface area contributed by atoms with Crippen LogP contribution in [0.3, 0.4) is 0 Å². The quantitative estimate of drug-likeness (QED) is 0.825. The van der Waals surface area contributed by atoms with Gasteiger partial charge in [0.25, 0.3) is 0 Å². The molecule has 1 aromatic heterocycles. The zero-order valence-electron chi connectivity index (χ0n) is 13.8. The molecular formula is C17H25N3O3. The van der Waals surface area contributed by atoms with Crippen LogP contribution < -0.4 is 0 Å². The SMILES string of the molecule is Cc1cc(CN2CC3(C2)OCC[C@@H]3CCN2CCCC2=O)no1. The van der Waals surface area contributed by atoms with Crippen LogP contribution in [0.25, 0.3) is 0 Å². The van der Waals surface area contributed by atoms with Crippen molar-refractivity contribution >= 4 is 5.91 Å². The molecule has 3 aliphatic heterocycles. The molecule has 4 rings (SSSR count). The predicted molar refractivity (Wildman–Crippen MR) is 83.7 cm³/mol. The van der Waals surface area contributed by atoms with Gasteiger partial charge in [-0.3, -0.25) is 9.69 Å². The summed E-state index contributed by atoms with van der Waals surface area (Å²) in [6.07, 6.45) is 3.95. The van der Waals surface area contributed by atoms with Crippen LogP contribution in [0.1, 0.15) is 37.1 Å². The predicted octanol–water partition coefficient (Wildman–Crippen LogP) is 1.59. The van der Waals surface area contributed by atoms with Gasteiger partial charge in [-0.15, -0.1) is 0 Å². The summed E-state index contributed by atoms with van der Waals surface area (Å²) >= 11 is 0. The van der Waals surface area contributed by atoms with Crippen molar-refractivity contribution in [3.05, 3.63) is 17.5 Å². The van der Waals surface area contributed by atoms with E-state index in [4.69, 9.17) is 9.26 Å². The normalized spacial score (nSPS) is 27.1. The van der Waals surface area contributed by atoms with E-state index in [1.807, 2.05) is 17.9 Å². The number of aryl methyl sites for hydroxylation is 1. The summed E-state index contributed by atoms with van der Waals surface area (Å²) in [5.74, 6) is 1.77. The summed E-state index contributed by atoms with van der Waals surface area (Å²) in [4.78, 5) is 16.2. The average Bonchev–Trinajstić information content (AvgIpc) is 3.18. The molecule has 1 spiro atoms. The molecule has 1 aromatic rings. The van der Waals surface area contributed by atoms with E-state index in [1.165, 1.54) is 0 Å². The average molecular weight is 319 g/mol. The van der Waals surface area contributed by atoms with Crippen LogP contribution in [0.2, 0.25) is 0 Å². The molecule has 0 aliphatic carbocycles. The number of likely N-dealkylation sites (tertiary alicyclic amines) is 2. The monoisotopic (exact) mass is 319 g/mol. The van der Waals surface area contributed by atoms with E-state index >= 15 is 0 Å². The Morgan fingerprint density at radius 2 is 2.30 bits per heavy atom. The summed E-state index contributed by atoms with van der Waals surface area (Å²) in [5.41, 5.74) is 1.01. The van der Waals surface area contributed by atoms with Crippen molar-refractivity contribution in [2.24, 2.45) is 5.92 Å². The molecule has 0 unspecified atom stereocenters. The van der Waals surface area contributed by atoms with E-state index in [1.54, 1.807) is 0 Å². The third-order valence-electron chi connectivity index (χ3n) is 5.56. The third-order valence-corrected chi connectivity index (χ3v) is 5.56. The van der Waals surface area contributed by atoms with Crippen LogP contribution in [0.15, 0.2) is 10.6 Å². The Hall–Kier alpha value is -1.40. The molecule has 0 saturated carbocycles. The highest BCUT2D eigenvalue weighted by Gasteiger charge is 2.52. The summed E-state index contributed by atoms with van der Waals surface area (Å²) < 4.78 is 11.2. The number of carbonyl (C=O) groups excluding carboxylic acids is 1. The number of hydrogen-bond acceptors (Lipinski definition) is 5. The maximum absolute atomic E-state index is 11.8. The van der Waals surface area contributed by atoms with Crippen LogP contribution in [0.4, 0.5) is 0 Å². The van der Waals surface area contributed by atoms with Gasteiger partial charge in [-0.25, -0.2) is 0 Å². The van der Waals surface area contributed by atoms with Gasteiger partial charge in [0.2, 0.25) is 5.91 Å². The summed E-state index contributed by atoms with van der Waals surface area (Å²) in [5, 5.41) is 4.07. The molecule has 0 bridgehead atoms. The van der Waals surface area contributed by atoms with E-state index in [2.05, 4.69) is 10.1 Å². The van der Waals surface area contributed by atoms with Gasteiger partial charge in [0.05, 0.1) is 11.3 Å². The van der Waals surface area contributed by atoms with Crippen LogP contribution in [0, 0.1) is 12.8 Å². The number of ether oxygens (including phenoxy) is 1. The molecular weight excluding hydrogens is 294 g/mol. The second-order valence-corrected chi connectivity index (χ2v) is 7.25. The van der Waals surface area contributed by atoms with Crippen molar-refractivity contribution in [1.82, 2.24) is 15.0 Å². The second kappa shape index (κ2) is 5.91. The van der Waals surface area contributed by atoms with Crippen LogP contribution in [-0.2, 0) is 16.1 Å². The van der Waals surface area contributed by atoms with Crippen LogP contribution in [0.5, 0.6) is 0 Å². The Bertz CT molecular complexity index is 579. The van der Waals surface area contributed by atoms with Crippen molar-refractivity contribution in [2.75, 3.05) is 32.8 Å².